The van der Waals surface area contributed by atoms with E-state index < -0.39 is 12.0 Å². The minimum absolute atomic E-state index is 0.257. The minimum atomic E-state index is -0.953. The Balaban J connectivity index is 2.04. The maximum Gasteiger partial charge on any atom is 0.326 e. The van der Waals surface area contributed by atoms with E-state index in [-0.39, 0.29) is 11.7 Å². The van der Waals surface area contributed by atoms with Gasteiger partial charge >= 0.3 is 5.97 Å². The van der Waals surface area contributed by atoms with Crippen LogP contribution < -0.4 is 0 Å². The predicted octanol–water partition coefficient (Wildman–Crippen LogP) is 2.74. The molecular weight excluding hydrogens is 270 g/mol. The molecule has 5 nitrogen and oxygen atoms in total. The Morgan fingerprint density at radius 1 is 1.33 bits per heavy atom. The van der Waals surface area contributed by atoms with Crippen molar-refractivity contribution in [1.82, 2.24) is 4.90 Å². The van der Waals surface area contributed by atoms with Gasteiger partial charge in [-0.3, -0.25) is 4.79 Å². The lowest BCUT2D eigenvalue weighted by Gasteiger charge is -2.20. The number of furan rings is 1. The lowest BCUT2D eigenvalue weighted by Crippen LogP contribution is -2.40. The molecule has 1 aromatic heterocycles. The average Bonchev–Trinajstić information content (AvgIpc) is 3.05. The molecule has 1 saturated heterocycles. The third-order valence-electron chi connectivity index (χ3n) is 4.15. The Labute approximate surface area is 122 Å². The van der Waals surface area contributed by atoms with Crippen molar-refractivity contribution >= 4 is 22.8 Å². The number of amides is 1. The van der Waals surface area contributed by atoms with Crippen LogP contribution in [0.25, 0.3) is 11.0 Å². The standard InChI is InChI=1S/C16H17NO4/c1-9-5-3-6-11-10(2)14(21-13(9)11)15(18)17-8-4-7-12(17)16(19)20/h3,5-6,12H,4,7-8H2,1-2H3,(H,19,20)/t12-/m0/s1. The van der Waals surface area contributed by atoms with Crippen molar-refractivity contribution in [2.45, 2.75) is 32.7 Å². The molecule has 0 radical (unpaired) electrons. The van der Waals surface area contributed by atoms with Crippen LogP contribution >= 0.6 is 0 Å². The Morgan fingerprint density at radius 2 is 2.10 bits per heavy atom. The van der Waals surface area contributed by atoms with E-state index in [2.05, 4.69) is 0 Å². The summed E-state index contributed by atoms with van der Waals surface area (Å²) in [7, 11) is 0. The molecule has 0 bridgehead atoms. The second-order valence-electron chi connectivity index (χ2n) is 5.50. The minimum Gasteiger partial charge on any atom is -0.480 e. The third-order valence-corrected chi connectivity index (χ3v) is 4.15. The molecule has 2 aromatic rings. The zero-order valence-electron chi connectivity index (χ0n) is 12.0. The summed E-state index contributed by atoms with van der Waals surface area (Å²) in [6, 6.07) is 5.02. The number of hydrogen-bond donors (Lipinski definition) is 1. The molecule has 1 amide bonds. The summed E-state index contributed by atoms with van der Waals surface area (Å²) in [6.45, 7) is 4.23. The molecular formula is C16H17NO4. The fourth-order valence-electron chi connectivity index (χ4n) is 2.99. The maximum atomic E-state index is 12.6. The number of fused-ring (bicyclic) bond motifs is 1. The highest BCUT2D eigenvalue weighted by molar-refractivity contribution is 6.01. The van der Waals surface area contributed by atoms with E-state index in [0.29, 0.717) is 25.0 Å². The van der Waals surface area contributed by atoms with Crippen LogP contribution in [-0.2, 0) is 4.79 Å². The molecule has 1 aliphatic heterocycles. The summed E-state index contributed by atoms with van der Waals surface area (Å²) in [4.78, 5) is 25.3. The molecule has 0 saturated carbocycles. The summed E-state index contributed by atoms with van der Waals surface area (Å²) in [5.74, 6) is -1.02. The molecule has 3 rings (SSSR count). The SMILES string of the molecule is Cc1c(C(=O)N2CCC[C@H]2C(=O)O)oc2c(C)cccc12. The average molecular weight is 287 g/mol. The first-order chi connectivity index (χ1) is 10.0. The van der Waals surface area contributed by atoms with E-state index >= 15 is 0 Å². The molecule has 0 unspecified atom stereocenters. The van der Waals surface area contributed by atoms with Crippen molar-refractivity contribution in [3.8, 4) is 0 Å². The van der Waals surface area contributed by atoms with Crippen LogP contribution in [0.3, 0.4) is 0 Å². The number of carbonyl (C=O) groups is 2. The van der Waals surface area contributed by atoms with Crippen LogP contribution in [-0.4, -0.2) is 34.5 Å². The molecule has 21 heavy (non-hydrogen) atoms. The Hall–Kier alpha value is -2.30. The largest absolute Gasteiger partial charge is 0.480 e. The maximum absolute atomic E-state index is 12.6. The number of carboxylic acids is 1. The number of nitrogens with zero attached hydrogens (tertiary/aromatic N) is 1. The van der Waals surface area contributed by atoms with Crippen molar-refractivity contribution in [3.63, 3.8) is 0 Å². The van der Waals surface area contributed by atoms with Gasteiger partial charge in [-0.1, -0.05) is 18.2 Å². The van der Waals surface area contributed by atoms with Crippen molar-refractivity contribution in [2.75, 3.05) is 6.54 Å². The van der Waals surface area contributed by atoms with Gasteiger partial charge in [0.15, 0.2) is 5.76 Å². The van der Waals surface area contributed by atoms with Crippen molar-refractivity contribution in [1.29, 1.82) is 0 Å². The molecule has 1 atom stereocenters. The van der Waals surface area contributed by atoms with Gasteiger partial charge in [-0.05, 0) is 32.3 Å². The number of aryl methyl sites for hydroxylation is 2. The molecule has 1 aromatic carbocycles. The zero-order chi connectivity index (χ0) is 15.1. The number of likely N-dealkylation sites (tertiary alicyclic amines) is 1. The van der Waals surface area contributed by atoms with Crippen LogP contribution in [0.2, 0.25) is 0 Å². The molecule has 2 heterocycles. The quantitative estimate of drug-likeness (QED) is 0.922. The van der Waals surface area contributed by atoms with E-state index in [4.69, 9.17) is 4.42 Å². The smallest absolute Gasteiger partial charge is 0.326 e. The Kier molecular flexibility index (Phi) is 3.20. The summed E-state index contributed by atoms with van der Waals surface area (Å²) in [6.07, 6.45) is 1.21. The van der Waals surface area contributed by atoms with Crippen LogP contribution in [0.15, 0.2) is 22.6 Å². The van der Waals surface area contributed by atoms with E-state index in [1.807, 2.05) is 32.0 Å². The van der Waals surface area contributed by atoms with Crippen LogP contribution in [0.5, 0.6) is 0 Å². The van der Waals surface area contributed by atoms with Gasteiger partial charge < -0.3 is 14.4 Å². The monoisotopic (exact) mass is 287 g/mol. The number of carbonyl (C=O) groups excluding carboxylic acids is 1. The Bertz CT molecular complexity index is 731. The molecule has 0 aliphatic carbocycles. The topological polar surface area (TPSA) is 70.8 Å². The predicted molar refractivity (Wildman–Crippen MR) is 77.4 cm³/mol. The normalized spacial score (nSPS) is 18.4. The van der Waals surface area contributed by atoms with Gasteiger partial charge in [-0.15, -0.1) is 0 Å². The number of carboxylic acid groups (broad SMARTS) is 1. The summed E-state index contributed by atoms with van der Waals surface area (Å²) in [5, 5.41) is 10.1. The first-order valence-electron chi connectivity index (χ1n) is 7.03. The number of hydrogen-bond acceptors (Lipinski definition) is 3. The Morgan fingerprint density at radius 3 is 2.76 bits per heavy atom. The highest BCUT2D eigenvalue weighted by Crippen LogP contribution is 2.30. The van der Waals surface area contributed by atoms with Gasteiger partial charge in [0.25, 0.3) is 5.91 Å². The van der Waals surface area contributed by atoms with Crippen LogP contribution in [0.1, 0.15) is 34.5 Å². The second-order valence-corrected chi connectivity index (χ2v) is 5.50. The van der Waals surface area contributed by atoms with Crippen LogP contribution in [0.4, 0.5) is 0 Å². The molecule has 1 N–H and O–H groups in total. The van der Waals surface area contributed by atoms with E-state index in [1.165, 1.54) is 4.90 Å². The molecule has 110 valence electrons. The van der Waals surface area contributed by atoms with Crippen molar-refractivity contribution < 1.29 is 19.1 Å². The molecule has 1 fully saturated rings. The van der Waals surface area contributed by atoms with Gasteiger partial charge in [0.05, 0.1) is 0 Å². The second kappa shape index (κ2) is 4.91. The molecule has 0 spiro atoms. The van der Waals surface area contributed by atoms with E-state index in [0.717, 1.165) is 16.5 Å². The summed E-state index contributed by atoms with van der Waals surface area (Å²) < 4.78 is 5.75. The van der Waals surface area contributed by atoms with Gasteiger partial charge in [0.2, 0.25) is 0 Å². The highest BCUT2D eigenvalue weighted by Gasteiger charge is 2.36. The molecule has 1 aliphatic rings. The highest BCUT2D eigenvalue weighted by atomic mass is 16.4. The van der Waals surface area contributed by atoms with Gasteiger partial charge in [-0.25, -0.2) is 4.79 Å². The van der Waals surface area contributed by atoms with Gasteiger partial charge in [-0.2, -0.15) is 0 Å². The van der Waals surface area contributed by atoms with E-state index in [9.17, 15) is 14.7 Å². The fraction of sp³-hybridized carbons (Fsp3) is 0.375. The lowest BCUT2D eigenvalue weighted by molar-refractivity contribution is -0.141. The number of benzene rings is 1. The van der Waals surface area contributed by atoms with Crippen molar-refractivity contribution in [3.05, 3.63) is 35.1 Å². The van der Waals surface area contributed by atoms with Crippen LogP contribution in [0, 0.1) is 13.8 Å². The molecule has 5 heteroatoms. The zero-order valence-corrected chi connectivity index (χ0v) is 12.0. The van der Waals surface area contributed by atoms with Gasteiger partial charge in [0.1, 0.15) is 11.6 Å². The third kappa shape index (κ3) is 2.09. The fourth-order valence-corrected chi connectivity index (χ4v) is 2.99. The summed E-state index contributed by atoms with van der Waals surface area (Å²) in [5.41, 5.74) is 2.44. The van der Waals surface area contributed by atoms with Gasteiger partial charge in [0, 0.05) is 17.5 Å². The van der Waals surface area contributed by atoms with Crippen molar-refractivity contribution in [2.24, 2.45) is 0 Å². The number of rotatable bonds is 2. The summed E-state index contributed by atoms with van der Waals surface area (Å²) >= 11 is 0. The number of para-hydroxylation sites is 1. The van der Waals surface area contributed by atoms with E-state index in [1.54, 1.807) is 0 Å². The first-order valence-corrected chi connectivity index (χ1v) is 7.03. The first kappa shape index (κ1) is 13.7. The lowest BCUT2D eigenvalue weighted by atomic mass is 10.1. The number of aliphatic carboxylic acids is 1.